The molecule has 3 rings (SSSR count). The Bertz CT molecular complexity index is 878. The van der Waals surface area contributed by atoms with Crippen molar-refractivity contribution in [2.24, 2.45) is 11.8 Å². The molecule has 3 heterocycles. The summed E-state index contributed by atoms with van der Waals surface area (Å²) in [5.41, 5.74) is 0.948. The minimum atomic E-state index is -0.279. The molecule has 1 aliphatic heterocycles. The minimum absolute atomic E-state index is 0. The van der Waals surface area contributed by atoms with Crippen LogP contribution in [0.1, 0.15) is 64.0 Å². The fraction of sp³-hybridized carbons (Fsp3) is 0.682. The molecule has 0 unspecified atom stereocenters. The summed E-state index contributed by atoms with van der Waals surface area (Å²) in [5.74, 6) is 1.78. The van der Waals surface area contributed by atoms with Crippen molar-refractivity contribution in [3.63, 3.8) is 0 Å². The summed E-state index contributed by atoms with van der Waals surface area (Å²) >= 11 is 12.8. The van der Waals surface area contributed by atoms with E-state index in [0.717, 1.165) is 39.9 Å². The number of H-pyrrole nitrogens is 1. The summed E-state index contributed by atoms with van der Waals surface area (Å²) in [6, 6.07) is 0.408. The largest absolute Gasteiger partial charge is 1.00 e. The Morgan fingerprint density at radius 2 is 1.82 bits per heavy atom. The Balaban J connectivity index is 0.000000496. The Hall–Kier alpha value is -1.24. The van der Waals surface area contributed by atoms with Crippen LogP contribution in [0.3, 0.4) is 0 Å². The van der Waals surface area contributed by atoms with Gasteiger partial charge in [-0.05, 0) is 19.8 Å². The maximum absolute atomic E-state index is 12.3. The van der Waals surface area contributed by atoms with Crippen LogP contribution in [0, 0.1) is 18.8 Å². The van der Waals surface area contributed by atoms with E-state index in [-0.39, 0.29) is 36.6 Å². The molecule has 1 fully saturated rings. The number of hydrogen-bond acceptors (Lipinski definition) is 6. The van der Waals surface area contributed by atoms with Crippen molar-refractivity contribution in [1.29, 1.82) is 0 Å². The fourth-order valence-corrected chi connectivity index (χ4v) is 5.34. The zero-order valence-electron chi connectivity index (χ0n) is 21.1. The van der Waals surface area contributed by atoms with Gasteiger partial charge in [-0.15, -0.1) is 5.10 Å². The number of carbonyl (C=O) groups is 1. The van der Waals surface area contributed by atoms with Gasteiger partial charge in [0.25, 0.3) is 5.91 Å². The van der Waals surface area contributed by atoms with Crippen LogP contribution in [0.4, 0.5) is 6.01 Å². The number of hydrogen-bond donors (Lipinski definition) is 3. The second-order valence-corrected chi connectivity index (χ2v) is 11.4. The number of aliphatic hydroxyl groups is 1. The molecule has 0 saturated carbocycles. The molecule has 3 N–H and O–H groups in total. The third kappa shape index (κ3) is 8.80. The number of halogens is 2. The number of carbonyl (C=O) groups excluding carboxylic acids is 1. The molecule has 11 heteroatoms. The third-order valence-electron chi connectivity index (χ3n) is 5.25. The molecule has 0 aromatic carbocycles. The van der Waals surface area contributed by atoms with Crippen LogP contribution in [0.5, 0.6) is 0 Å². The summed E-state index contributed by atoms with van der Waals surface area (Å²) in [4.78, 5) is 17.2. The van der Waals surface area contributed by atoms with E-state index in [0.29, 0.717) is 29.8 Å². The predicted molar refractivity (Wildman–Crippen MR) is 135 cm³/mol. The van der Waals surface area contributed by atoms with E-state index in [1.807, 2.05) is 4.90 Å². The van der Waals surface area contributed by atoms with Crippen LogP contribution in [0.15, 0.2) is 4.42 Å². The van der Waals surface area contributed by atoms with Gasteiger partial charge in [0.15, 0.2) is 0 Å². The van der Waals surface area contributed by atoms with Crippen LogP contribution in [-0.4, -0.2) is 60.5 Å². The van der Waals surface area contributed by atoms with Gasteiger partial charge in [-0.2, -0.15) is 0 Å². The van der Waals surface area contributed by atoms with Crippen molar-refractivity contribution in [1.82, 2.24) is 20.5 Å². The van der Waals surface area contributed by atoms with Gasteiger partial charge in [0, 0.05) is 24.8 Å². The van der Waals surface area contributed by atoms with Crippen molar-refractivity contribution in [3.05, 3.63) is 27.3 Å². The smallest absolute Gasteiger partial charge is 0.318 e. The molecule has 0 radical (unpaired) electrons. The number of rotatable bonds is 8. The Kier molecular flexibility index (Phi) is 11.5. The zero-order valence-corrected chi connectivity index (χ0v) is 22.8. The number of nitrogens with zero attached hydrogens (tertiary/aromatic N) is 3. The van der Waals surface area contributed by atoms with Gasteiger partial charge < -0.3 is 26.2 Å². The first-order valence-corrected chi connectivity index (χ1v) is 13.8. The Morgan fingerprint density at radius 1 is 1.21 bits per heavy atom. The number of amides is 1. The molecule has 1 amide bonds. The first-order chi connectivity index (χ1) is 15.6. The summed E-state index contributed by atoms with van der Waals surface area (Å²) in [6.07, 6.45) is 1.46. The van der Waals surface area contributed by atoms with E-state index in [1.165, 1.54) is 10.6 Å². The fourth-order valence-electron chi connectivity index (χ4n) is 3.40. The summed E-state index contributed by atoms with van der Waals surface area (Å²) in [6.45, 7) is 12.1. The van der Waals surface area contributed by atoms with Crippen molar-refractivity contribution >= 4 is 50.3 Å². The topological polar surface area (TPSA) is 107 Å². The molecule has 0 bridgehead atoms. The zero-order chi connectivity index (χ0) is 24.5. The number of aromatic nitrogens is 3. The van der Waals surface area contributed by atoms with Crippen LogP contribution >= 0.6 is 23.2 Å². The average molecular weight is 516 g/mol. The molecule has 1 saturated heterocycles. The number of aryl methyl sites for hydroxylation is 1. The monoisotopic (exact) mass is 515 g/mol. The maximum Gasteiger partial charge on any atom is 0.318 e. The van der Waals surface area contributed by atoms with Crippen LogP contribution < -0.4 is 10.2 Å². The van der Waals surface area contributed by atoms with E-state index < -0.39 is 0 Å². The summed E-state index contributed by atoms with van der Waals surface area (Å²) in [5, 5.41) is 23.1. The van der Waals surface area contributed by atoms with Gasteiger partial charge in [-0.1, -0.05) is 28.3 Å². The number of aliphatic hydroxyl groups excluding tert-OH is 1. The Labute approximate surface area is 214 Å². The van der Waals surface area contributed by atoms with Gasteiger partial charge in [0.05, 0.1) is 10.0 Å². The van der Waals surface area contributed by atoms with E-state index in [4.69, 9.17) is 32.7 Å². The molecule has 8 nitrogen and oxygen atoms in total. The number of piperidine rings is 1. The van der Waals surface area contributed by atoms with E-state index >= 15 is 0 Å². The number of nitrogens with one attached hydrogen (secondary N) is 2. The SMILES string of the molecule is CC(C)[CH2][Al+][CH2]C(C)C.Cc1[nH]c(C(=O)NC2CCN(c3nnc(CO)o3)CC2)c(Cl)c1Cl.[H-]. The molecule has 0 atom stereocenters. The van der Waals surface area contributed by atoms with Crippen molar-refractivity contribution in [2.45, 2.75) is 70.7 Å². The second kappa shape index (κ2) is 13.6. The minimum Gasteiger partial charge on any atom is -1.00 e. The molecule has 2 aromatic heterocycles. The van der Waals surface area contributed by atoms with Crippen LogP contribution in [0.25, 0.3) is 0 Å². The number of anilines is 1. The first kappa shape index (κ1) is 28.0. The van der Waals surface area contributed by atoms with Crippen molar-refractivity contribution in [2.75, 3.05) is 18.0 Å². The van der Waals surface area contributed by atoms with E-state index in [2.05, 4.69) is 48.2 Å². The standard InChI is InChI=1S/C14H17Cl2N5O3.2C4H9.Al.H/c1-7-10(15)11(16)12(17-7)13(23)18-8-2-4-21(5-3-8)14-20-19-9(6-22)24-14;2*1-4(2)3;;/h8,17,22H,2-6H2,1H3,(H,18,23);2*4H,1H2,2-3H3;;/q;;;+1;-1. The van der Waals surface area contributed by atoms with Gasteiger partial charge in [-0.3, -0.25) is 4.79 Å². The molecule has 33 heavy (non-hydrogen) atoms. The molecule has 0 spiro atoms. The maximum atomic E-state index is 12.3. The molecule has 2 aromatic rings. The normalized spacial score (nSPS) is 14.3. The average Bonchev–Trinajstić information content (AvgIpc) is 3.35. The van der Waals surface area contributed by atoms with Crippen molar-refractivity contribution < 1.29 is 15.7 Å². The van der Waals surface area contributed by atoms with Gasteiger partial charge >= 0.3 is 71.3 Å². The van der Waals surface area contributed by atoms with Crippen LogP contribution in [-0.2, 0) is 6.61 Å². The van der Waals surface area contributed by atoms with Gasteiger partial charge in [-0.25, -0.2) is 0 Å². The predicted octanol–water partition coefficient (Wildman–Crippen LogP) is 4.86. The first-order valence-electron chi connectivity index (χ1n) is 11.5. The van der Waals surface area contributed by atoms with Gasteiger partial charge in [0.2, 0.25) is 5.89 Å². The van der Waals surface area contributed by atoms with E-state index in [9.17, 15) is 4.79 Å². The summed E-state index contributed by atoms with van der Waals surface area (Å²) < 4.78 is 5.32. The molecule has 1 aliphatic rings. The van der Waals surface area contributed by atoms with Crippen molar-refractivity contribution in [3.8, 4) is 0 Å². The van der Waals surface area contributed by atoms with Gasteiger partial charge in [0.1, 0.15) is 12.3 Å². The van der Waals surface area contributed by atoms with E-state index in [1.54, 1.807) is 6.92 Å². The van der Waals surface area contributed by atoms with Crippen LogP contribution in [0.2, 0.25) is 20.6 Å². The third-order valence-corrected chi connectivity index (χ3v) is 8.75. The molecule has 184 valence electrons. The number of aromatic amines is 1. The quantitative estimate of drug-likeness (QED) is 0.433. The molecule has 0 aliphatic carbocycles. The molecular formula is C22H36AlCl2N5O3. The molecular weight excluding hydrogens is 480 g/mol. The second-order valence-electron chi connectivity index (χ2n) is 9.17. The summed E-state index contributed by atoms with van der Waals surface area (Å²) in [7, 11) is 0. The Morgan fingerprint density at radius 3 is 2.27 bits per heavy atom.